The van der Waals surface area contributed by atoms with Gasteiger partial charge >= 0.3 is 0 Å². The van der Waals surface area contributed by atoms with E-state index in [0.29, 0.717) is 34.2 Å². The molecular weight excluding hydrogens is 392 g/mol. The summed E-state index contributed by atoms with van der Waals surface area (Å²) in [6.45, 7) is 17.9. The van der Waals surface area contributed by atoms with E-state index >= 15 is 0 Å². The number of rotatable bonds is 1. The largest absolute Gasteiger partial charge is 0.396 e. The van der Waals surface area contributed by atoms with Gasteiger partial charge in [-0.2, -0.15) is 0 Å². The maximum Gasteiger partial charge on any atom is 0.0628 e. The highest BCUT2D eigenvalue weighted by Gasteiger charge is 2.69. The second-order valence-corrected chi connectivity index (χ2v) is 15.0. The second-order valence-electron chi connectivity index (χ2n) is 15.0. The molecule has 0 bridgehead atoms. The van der Waals surface area contributed by atoms with Gasteiger partial charge in [-0.3, -0.25) is 0 Å². The third-order valence-corrected chi connectivity index (χ3v) is 13.3. The van der Waals surface area contributed by atoms with Crippen LogP contribution in [0.1, 0.15) is 113 Å². The number of allylic oxidation sites excluding steroid dienone is 1. The van der Waals surface area contributed by atoms with E-state index in [1.807, 2.05) is 0 Å². The third kappa shape index (κ3) is 2.78. The van der Waals surface area contributed by atoms with Crippen molar-refractivity contribution in [2.75, 3.05) is 6.61 Å². The van der Waals surface area contributed by atoms with Crippen LogP contribution in [0.4, 0.5) is 0 Å². The summed E-state index contributed by atoms with van der Waals surface area (Å²) in [7, 11) is 0. The lowest BCUT2D eigenvalue weighted by Crippen LogP contribution is -2.66. The van der Waals surface area contributed by atoms with Crippen LogP contribution in [0.15, 0.2) is 11.6 Å². The SMILES string of the molecule is CC1(C)C2=CC[C@@H]3[C@@](C)(CC[C@@]4(C)[C@H]5C[C@](C)(CO)CC[C@]5(C)CC[C@]34C)[C@H]2CC[C@@H]1O. The molecule has 4 fully saturated rings. The highest BCUT2D eigenvalue weighted by atomic mass is 16.3. The number of hydrogen-bond donors (Lipinski definition) is 2. The standard InChI is InChI=1S/C30H50O2/c1-25(2)20-8-10-22-28(5,21(20)9-11-24(25)32)15-17-30(7)23-18-26(3,19-31)12-13-27(23,4)14-16-29(22,30)6/h8,21-24,31-32H,9-19H2,1-7H3/t21-,22+,23-,24-,26+,27+,28-,29+,30-/m0/s1. The smallest absolute Gasteiger partial charge is 0.0628 e. The lowest BCUT2D eigenvalue weighted by Gasteiger charge is -2.73. The van der Waals surface area contributed by atoms with Crippen LogP contribution < -0.4 is 0 Å². The highest BCUT2D eigenvalue weighted by Crippen LogP contribution is 2.77. The predicted molar refractivity (Wildman–Crippen MR) is 132 cm³/mol. The van der Waals surface area contributed by atoms with Crippen LogP contribution in [0, 0.1) is 50.2 Å². The molecule has 5 aliphatic rings. The van der Waals surface area contributed by atoms with Crippen molar-refractivity contribution in [2.45, 2.75) is 119 Å². The molecule has 2 heteroatoms. The zero-order chi connectivity index (χ0) is 23.4. The van der Waals surface area contributed by atoms with Crippen molar-refractivity contribution in [3.8, 4) is 0 Å². The average Bonchev–Trinajstić information content (AvgIpc) is 2.74. The minimum atomic E-state index is -0.191. The van der Waals surface area contributed by atoms with Gasteiger partial charge in [-0.15, -0.1) is 0 Å². The summed E-state index contributed by atoms with van der Waals surface area (Å²) in [5.74, 6) is 2.10. The molecule has 5 aliphatic carbocycles. The van der Waals surface area contributed by atoms with Gasteiger partial charge in [0.25, 0.3) is 0 Å². The maximum atomic E-state index is 10.8. The molecule has 182 valence electrons. The molecule has 0 heterocycles. The minimum absolute atomic E-state index is 0.0734. The highest BCUT2D eigenvalue weighted by molar-refractivity contribution is 5.30. The van der Waals surface area contributed by atoms with Crippen LogP contribution in [0.2, 0.25) is 0 Å². The van der Waals surface area contributed by atoms with E-state index in [9.17, 15) is 10.2 Å². The zero-order valence-electron chi connectivity index (χ0n) is 22.1. The Labute approximate surface area is 197 Å². The summed E-state index contributed by atoms with van der Waals surface area (Å²) in [6, 6.07) is 0. The molecule has 0 spiro atoms. The summed E-state index contributed by atoms with van der Waals surface area (Å²) in [6.07, 6.45) is 14.8. The predicted octanol–water partition coefficient (Wildman–Crippen LogP) is 7.14. The lowest BCUT2D eigenvalue weighted by molar-refractivity contribution is -0.233. The van der Waals surface area contributed by atoms with Crippen molar-refractivity contribution in [3.05, 3.63) is 11.6 Å². The molecule has 0 amide bonds. The third-order valence-electron chi connectivity index (χ3n) is 13.3. The van der Waals surface area contributed by atoms with Crippen molar-refractivity contribution in [3.63, 3.8) is 0 Å². The number of hydrogen-bond acceptors (Lipinski definition) is 2. The van der Waals surface area contributed by atoms with Crippen LogP contribution in [0.5, 0.6) is 0 Å². The van der Waals surface area contributed by atoms with Gasteiger partial charge < -0.3 is 10.2 Å². The molecule has 2 nitrogen and oxygen atoms in total. The topological polar surface area (TPSA) is 40.5 Å². The van der Waals surface area contributed by atoms with Crippen LogP contribution in [-0.4, -0.2) is 22.9 Å². The summed E-state index contributed by atoms with van der Waals surface area (Å²) in [5.41, 5.74) is 3.14. The molecule has 0 aromatic rings. The van der Waals surface area contributed by atoms with Gasteiger partial charge in [-0.1, -0.05) is 60.1 Å². The Bertz CT molecular complexity index is 814. The molecule has 0 unspecified atom stereocenters. The van der Waals surface area contributed by atoms with Gasteiger partial charge in [-0.25, -0.2) is 0 Å². The fourth-order valence-corrected chi connectivity index (χ4v) is 10.5. The first-order valence-corrected chi connectivity index (χ1v) is 13.8. The van der Waals surface area contributed by atoms with Crippen molar-refractivity contribution in [1.82, 2.24) is 0 Å². The van der Waals surface area contributed by atoms with Crippen LogP contribution in [0.25, 0.3) is 0 Å². The van der Waals surface area contributed by atoms with Gasteiger partial charge in [0.1, 0.15) is 0 Å². The Hall–Kier alpha value is -0.340. The van der Waals surface area contributed by atoms with E-state index < -0.39 is 0 Å². The first-order valence-electron chi connectivity index (χ1n) is 13.8. The van der Waals surface area contributed by atoms with E-state index in [-0.39, 0.29) is 16.9 Å². The minimum Gasteiger partial charge on any atom is -0.396 e. The van der Waals surface area contributed by atoms with E-state index in [0.717, 1.165) is 18.3 Å². The van der Waals surface area contributed by atoms with E-state index in [4.69, 9.17) is 0 Å². The normalized spacial score (nSPS) is 56.8. The van der Waals surface area contributed by atoms with Crippen LogP contribution >= 0.6 is 0 Å². The van der Waals surface area contributed by atoms with E-state index in [1.165, 1.54) is 57.8 Å². The Balaban J connectivity index is 1.56. The van der Waals surface area contributed by atoms with Crippen molar-refractivity contribution < 1.29 is 10.2 Å². The molecule has 32 heavy (non-hydrogen) atoms. The Morgan fingerprint density at radius 3 is 2.12 bits per heavy atom. The molecule has 0 aromatic heterocycles. The fourth-order valence-electron chi connectivity index (χ4n) is 10.5. The molecule has 9 atom stereocenters. The number of aliphatic hydroxyl groups excluding tert-OH is 2. The first-order chi connectivity index (χ1) is 14.8. The molecular formula is C30H50O2. The summed E-state index contributed by atoms with van der Waals surface area (Å²) in [4.78, 5) is 0. The molecule has 2 N–H and O–H groups in total. The quantitative estimate of drug-likeness (QED) is 0.424. The van der Waals surface area contributed by atoms with Crippen molar-refractivity contribution in [2.24, 2.45) is 50.2 Å². The first kappa shape index (κ1) is 23.4. The zero-order valence-corrected chi connectivity index (χ0v) is 22.1. The molecule has 0 saturated heterocycles. The molecule has 0 radical (unpaired) electrons. The average molecular weight is 443 g/mol. The lowest BCUT2D eigenvalue weighted by atomic mass is 9.31. The van der Waals surface area contributed by atoms with Gasteiger partial charge in [0.05, 0.1) is 6.10 Å². The van der Waals surface area contributed by atoms with Crippen LogP contribution in [0.3, 0.4) is 0 Å². The summed E-state index contributed by atoms with van der Waals surface area (Å²) >= 11 is 0. The fraction of sp³-hybridized carbons (Fsp3) is 0.933. The monoisotopic (exact) mass is 442 g/mol. The summed E-state index contributed by atoms with van der Waals surface area (Å²) < 4.78 is 0. The van der Waals surface area contributed by atoms with Crippen molar-refractivity contribution >= 4 is 0 Å². The molecule has 0 aliphatic heterocycles. The van der Waals surface area contributed by atoms with Gasteiger partial charge in [0.15, 0.2) is 0 Å². The van der Waals surface area contributed by atoms with E-state index in [1.54, 1.807) is 5.57 Å². The molecule has 0 aromatic carbocycles. The number of aliphatic hydroxyl groups is 2. The van der Waals surface area contributed by atoms with Gasteiger partial charge in [-0.05, 0) is 109 Å². The van der Waals surface area contributed by atoms with Gasteiger partial charge in [0, 0.05) is 12.0 Å². The van der Waals surface area contributed by atoms with Crippen molar-refractivity contribution in [1.29, 1.82) is 0 Å². The Morgan fingerprint density at radius 1 is 0.812 bits per heavy atom. The Kier molecular flexibility index (Phi) is 5.02. The second kappa shape index (κ2) is 6.87. The van der Waals surface area contributed by atoms with Gasteiger partial charge in [0.2, 0.25) is 0 Å². The molecule has 4 saturated carbocycles. The van der Waals surface area contributed by atoms with Crippen LogP contribution in [-0.2, 0) is 0 Å². The Morgan fingerprint density at radius 2 is 1.44 bits per heavy atom. The molecule has 5 rings (SSSR count). The number of fused-ring (bicyclic) bond motifs is 7. The van der Waals surface area contributed by atoms with E-state index in [2.05, 4.69) is 54.5 Å². The summed E-state index contributed by atoms with van der Waals surface area (Å²) in [5, 5.41) is 21.1. The maximum absolute atomic E-state index is 10.8.